The summed E-state index contributed by atoms with van der Waals surface area (Å²) in [5.41, 5.74) is 5.29. The lowest BCUT2D eigenvalue weighted by Crippen LogP contribution is -2.44. The molecule has 0 fully saturated rings. The molecule has 0 saturated carbocycles. The number of hydrogen-bond donors (Lipinski definition) is 6. The second-order valence-electron chi connectivity index (χ2n) is 14.7. The number of para-hydroxylation sites is 2. The highest BCUT2D eigenvalue weighted by molar-refractivity contribution is 6.08. The van der Waals surface area contributed by atoms with Gasteiger partial charge in [-0.25, -0.2) is 0 Å². The van der Waals surface area contributed by atoms with E-state index in [0.717, 1.165) is 38.5 Å². The first-order chi connectivity index (χ1) is 28.2. The zero-order valence-electron chi connectivity index (χ0n) is 32.0. The van der Waals surface area contributed by atoms with Gasteiger partial charge in [0.15, 0.2) is 5.60 Å². The molecular weight excluding hydrogens is 733 g/mol. The first-order valence-corrected chi connectivity index (χ1v) is 19.3. The summed E-state index contributed by atoms with van der Waals surface area (Å²) < 4.78 is 1.69. The average molecular weight is 777 g/mol. The fraction of sp³-hybridized carbons (Fsp3) is 0.222. The van der Waals surface area contributed by atoms with E-state index < -0.39 is 17.4 Å². The number of fused-ring (bicyclic) bond motifs is 3. The lowest BCUT2D eigenvalue weighted by molar-refractivity contribution is -0.139. The molecule has 13 nitrogen and oxygen atoms in total. The molecule has 0 spiro atoms. The van der Waals surface area contributed by atoms with Crippen LogP contribution in [0.5, 0.6) is 0 Å². The van der Waals surface area contributed by atoms with Crippen molar-refractivity contribution >= 4 is 56.6 Å². The van der Waals surface area contributed by atoms with Gasteiger partial charge >= 0.3 is 0 Å². The number of aromatic nitrogens is 5. The molecule has 58 heavy (non-hydrogen) atoms. The standard InChI is InChI=1S/C45H44N8O5/c1-29(8-6-7-20-52-28-35(19-21-54)50-51-52)45(58)38-24-34(49-43(56)23-32-26-47-40-12-5-3-10-37(32)40)17-18-41(38)53(44(45)57)27-30-13-15-33(16-14-30)48-42(55)22-31-25-46-39-11-4-2-9-36(31)39/h2-6,8-18,24-26,28-29,46-47,54,58H,7,19-23,27H2,1H3,(H,48,55)(H,49,56)/b8-6+/t29-,45+/m1/s1. The molecule has 294 valence electrons. The molecular formula is C45H44N8O5. The van der Waals surface area contributed by atoms with Gasteiger partial charge < -0.3 is 35.7 Å². The van der Waals surface area contributed by atoms with Crippen LogP contribution in [0.2, 0.25) is 0 Å². The third-order valence-corrected chi connectivity index (χ3v) is 10.7. The molecule has 0 radical (unpaired) electrons. The van der Waals surface area contributed by atoms with Crippen LogP contribution < -0.4 is 15.5 Å². The SMILES string of the molecule is C[C@H](/C=C/CCn1cc(CCO)nn1)[C@@]1(O)C(=O)N(Cc2ccc(NC(=O)Cc3c[nH]c4ccccc34)cc2)c2ccc(NC(=O)Cc3c[nH]c4ccccc34)cc21. The number of carbonyl (C=O) groups is 3. The largest absolute Gasteiger partial charge is 0.396 e. The highest BCUT2D eigenvalue weighted by atomic mass is 16.3. The number of aromatic amines is 2. The number of H-pyrrole nitrogens is 2. The van der Waals surface area contributed by atoms with Crippen molar-refractivity contribution in [3.8, 4) is 0 Å². The predicted molar refractivity (Wildman–Crippen MR) is 223 cm³/mol. The highest BCUT2D eigenvalue weighted by Crippen LogP contribution is 2.47. The maximum Gasteiger partial charge on any atom is 0.264 e. The zero-order chi connectivity index (χ0) is 40.2. The second-order valence-corrected chi connectivity index (χ2v) is 14.7. The molecule has 3 aromatic heterocycles. The molecule has 1 aliphatic rings. The number of rotatable bonds is 15. The van der Waals surface area contributed by atoms with Gasteiger partial charge in [-0.1, -0.05) is 72.8 Å². The van der Waals surface area contributed by atoms with Crippen molar-refractivity contribution in [1.29, 1.82) is 0 Å². The number of nitrogens with zero attached hydrogens (tertiary/aromatic N) is 4. The first-order valence-electron chi connectivity index (χ1n) is 19.3. The molecule has 0 saturated heterocycles. The van der Waals surface area contributed by atoms with Gasteiger partial charge in [0.05, 0.1) is 30.8 Å². The van der Waals surface area contributed by atoms with Crippen molar-refractivity contribution in [2.45, 2.75) is 51.3 Å². The average Bonchev–Trinajstić information content (AvgIpc) is 4.01. The van der Waals surface area contributed by atoms with Crippen molar-refractivity contribution < 1.29 is 24.6 Å². The minimum absolute atomic E-state index is 0.00661. The Bertz CT molecular complexity index is 2640. The lowest BCUT2D eigenvalue weighted by atomic mass is 9.82. The van der Waals surface area contributed by atoms with Crippen LogP contribution in [-0.2, 0) is 52.3 Å². The van der Waals surface area contributed by atoms with Crippen LogP contribution in [-0.4, -0.2) is 59.5 Å². The van der Waals surface area contributed by atoms with E-state index >= 15 is 0 Å². The molecule has 7 aromatic rings. The number of anilines is 3. The molecule has 0 bridgehead atoms. The number of carbonyl (C=O) groups excluding carboxylic acids is 3. The number of aliphatic hydroxyl groups excluding tert-OH is 1. The van der Waals surface area contributed by atoms with Crippen molar-refractivity contribution in [3.05, 3.63) is 150 Å². The fourth-order valence-electron chi connectivity index (χ4n) is 7.69. The monoisotopic (exact) mass is 776 g/mol. The van der Waals surface area contributed by atoms with Crippen molar-refractivity contribution in [3.63, 3.8) is 0 Å². The van der Waals surface area contributed by atoms with Crippen LogP contribution in [0, 0.1) is 5.92 Å². The lowest BCUT2D eigenvalue weighted by Gasteiger charge is -2.28. The Hall–Kier alpha value is -6.83. The summed E-state index contributed by atoms with van der Waals surface area (Å²) in [6.07, 6.45) is 10.6. The number of amides is 3. The quantitative estimate of drug-likeness (QED) is 0.0675. The summed E-state index contributed by atoms with van der Waals surface area (Å²) in [6, 6.07) is 28.1. The van der Waals surface area contributed by atoms with Crippen LogP contribution in [0.25, 0.3) is 21.8 Å². The Labute approximate surface area is 334 Å². The molecule has 6 N–H and O–H groups in total. The van der Waals surface area contributed by atoms with Gasteiger partial charge in [0, 0.05) is 82.8 Å². The Morgan fingerprint density at radius 1 is 0.862 bits per heavy atom. The minimum atomic E-state index is -1.93. The Kier molecular flexibility index (Phi) is 10.7. The fourth-order valence-corrected chi connectivity index (χ4v) is 7.69. The number of allylic oxidation sites excluding steroid dienone is 1. The van der Waals surface area contributed by atoms with E-state index in [2.05, 4.69) is 30.9 Å². The number of aryl methyl sites for hydroxylation is 1. The number of hydrogen-bond acceptors (Lipinski definition) is 7. The van der Waals surface area contributed by atoms with Crippen molar-refractivity contribution in [2.75, 3.05) is 22.1 Å². The predicted octanol–water partition coefficient (Wildman–Crippen LogP) is 6.15. The maximum atomic E-state index is 14.4. The molecule has 2 atom stereocenters. The van der Waals surface area contributed by atoms with Crippen LogP contribution in [0.3, 0.4) is 0 Å². The summed E-state index contributed by atoms with van der Waals surface area (Å²) in [5, 5.41) is 37.7. The summed E-state index contributed by atoms with van der Waals surface area (Å²) in [5.74, 6) is -1.50. The zero-order valence-corrected chi connectivity index (χ0v) is 32.0. The van der Waals surface area contributed by atoms with Crippen LogP contribution in [0.15, 0.2) is 122 Å². The number of aliphatic hydroxyl groups is 2. The Balaban J connectivity index is 0.994. The maximum absolute atomic E-state index is 14.4. The second kappa shape index (κ2) is 16.3. The topological polar surface area (TPSA) is 181 Å². The smallest absolute Gasteiger partial charge is 0.264 e. The van der Waals surface area contributed by atoms with E-state index in [4.69, 9.17) is 0 Å². The summed E-state index contributed by atoms with van der Waals surface area (Å²) in [4.78, 5) is 48.7. The van der Waals surface area contributed by atoms with E-state index in [1.807, 2.05) is 85.2 Å². The summed E-state index contributed by atoms with van der Waals surface area (Å²) in [6.45, 7) is 2.49. The highest BCUT2D eigenvalue weighted by Gasteiger charge is 2.52. The van der Waals surface area contributed by atoms with Gasteiger partial charge in [-0.2, -0.15) is 0 Å². The van der Waals surface area contributed by atoms with Crippen molar-refractivity contribution in [2.24, 2.45) is 5.92 Å². The molecule has 0 aliphatic carbocycles. The summed E-state index contributed by atoms with van der Waals surface area (Å²) >= 11 is 0. The Morgan fingerprint density at radius 2 is 1.48 bits per heavy atom. The van der Waals surface area contributed by atoms with E-state index in [0.29, 0.717) is 47.7 Å². The van der Waals surface area contributed by atoms with E-state index in [9.17, 15) is 24.6 Å². The van der Waals surface area contributed by atoms with E-state index in [1.54, 1.807) is 53.0 Å². The third-order valence-electron chi connectivity index (χ3n) is 10.7. The molecule has 3 amide bonds. The van der Waals surface area contributed by atoms with E-state index in [1.165, 1.54) is 0 Å². The van der Waals surface area contributed by atoms with Crippen LogP contribution in [0.4, 0.5) is 17.1 Å². The normalized spacial score (nSPS) is 15.7. The number of benzene rings is 4. The molecule has 1 aliphatic heterocycles. The van der Waals surface area contributed by atoms with Gasteiger partial charge in [-0.05, 0) is 65.6 Å². The van der Waals surface area contributed by atoms with Gasteiger partial charge in [0.2, 0.25) is 11.8 Å². The molecule has 0 unspecified atom stereocenters. The third kappa shape index (κ3) is 7.77. The minimum Gasteiger partial charge on any atom is -0.396 e. The molecule has 8 rings (SSSR count). The van der Waals surface area contributed by atoms with Gasteiger partial charge in [0.25, 0.3) is 5.91 Å². The Morgan fingerprint density at radius 3 is 2.14 bits per heavy atom. The summed E-state index contributed by atoms with van der Waals surface area (Å²) in [7, 11) is 0. The van der Waals surface area contributed by atoms with Gasteiger partial charge in [-0.3, -0.25) is 19.1 Å². The van der Waals surface area contributed by atoms with Crippen LogP contribution in [0.1, 0.15) is 41.3 Å². The molecule has 4 heterocycles. The number of nitrogens with one attached hydrogen (secondary N) is 4. The molecule has 4 aromatic carbocycles. The van der Waals surface area contributed by atoms with Gasteiger partial charge in [-0.15, -0.1) is 5.10 Å². The first kappa shape index (κ1) is 38.1. The van der Waals surface area contributed by atoms with Gasteiger partial charge in [0.1, 0.15) is 0 Å². The van der Waals surface area contributed by atoms with Crippen LogP contribution >= 0.6 is 0 Å². The van der Waals surface area contributed by atoms with Crippen molar-refractivity contribution in [1.82, 2.24) is 25.0 Å². The molecule has 13 heteroatoms. The van der Waals surface area contributed by atoms with E-state index in [-0.39, 0.29) is 37.8 Å².